The molecule has 128 valence electrons. The largest absolute Gasteiger partial charge is 0.484 e. The molecule has 6 heteroatoms. The maximum atomic E-state index is 11.8. The summed E-state index contributed by atoms with van der Waals surface area (Å²) in [5.74, 6) is 0.539. The molecular formula is C19H20N4O2. The summed E-state index contributed by atoms with van der Waals surface area (Å²) >= 11 is 0. The molecule has 0 saturated carbocycles. The fourth-order valence-corrected chi connectivity index (χ4v) is 2.31. The topological polar surface area (TPSA) is 69.0 Å². The molecule has 2 aromatic heterocycles. The van der Waals surface area contributed by atoms with Crippen LogP contribution in [0.3, 0.4) is 0 Å². The molecule has 0 aliphatic carbocycles. The number of nitrogens with one attached hydrogen (secondary N) is 1. The van der Waals surface area contributed by atoms with E-state index in [1.54, 1.807) is 17.1 Å². The molecule has 0 saturated heterocycles. The summed E-state index contributed by atoms with van der Waals surface area (Å²) in [6.45, 7) is 3.10. The van der Waals surface area contributed by atoms with Gasteiger partial charge in [0.1, 0.15) is 5.75 Å². The highest BCUT2D eigenvalue weighted by Gasteiger charge is 2.04. The van der Waals surface area contributed by atoms with Gasteiger partial charge in [0, 0.05) is 30.7 Å². The van der Waals surface area contributed by atoms with Crippen LogP contribution in [0.2, 0.25) is 0 Å². The lowest BCUT2D eigenvalue weighted by atomic mass is 10.2. The van der Waals surface area contributed by atoms with Crippen LogP contribution in [0.5, 0.6) is 5.75 Å². The Labute approximate surface area is 146 Å². The Morgan fingerprint density at radius 2 is 1.88 bits per heavy atom. The van der Waals surface area contributed by atoms with E-state index in [2.05, 4.69) is 15.4 Å². The van der Waals surface area contributed by atoms with Gasteiger partial charge in [-0.3, -0.25) is 14.5 Å². The quantitative estimate of drug-likeness (QED) is 0.719. The average Bonchev–Trinajstić information content (AvgIpc) is 3.11. The van der Waals surface area contributed by atoms with E-state index < -0.39 is 0 Å². The molecule has 25 heavy (non-hydrogen) atoms. The van der Waals surface area contributed by atoms with Crippen molar-refractivity contribution in [3.05, 3.63) is 66.6 Å². The van der Waals surface area contributed by atoms with Gasteiger partial charge in [-0.05, 0) is 37.3 Å². The number of aromatic nitrogens is 3. The van der Waals surface area contributed by atoms with Gasteiger partial charge < -0.3 is 10.1 Å². The fraction of sp³-hybridized carbons (Fsp3) is 0.211. The van der Waals surface area contributed by atoms with E-state index in [4.69, 9.17) is 4.74 Å². The summed E-state index contributed by atoms with van der Waals surface area (Å²) in [7, 11) is 0. The monoisotopic (exact) mass is 336 g/mol. The summed E-state index contributed by atoms with van der Waals surface area (Å²) in [5.41, 5.74) is 3.06. The highest BCUT2D eigenvalue weighted by Crippen LogP contribution is 2.14. The standard InChI is InChI=1S/C19H20N4O2/c1-15-2-4-17(5-3-15)25-14-19(24)21-11-13-23-12-8-18(22-23)16-6-9-20-10-7-16/h2-10,12H,11,13-14H2,1H3,(H,21,24). The van der Waals surface area contributed by atoms with Gasteiger partial charge in [-0.15, -0.1) is 0 Å². The number of rotatable bonds is 7. The highest BCUT2D eigenvalue weighted by molar-refractivity contribution is 5.77. The van der Waals surface area contributed by atoms with Crippen molar-refractivity contribution >= 4 is 5.91 Å². The Hall–Kier alpha value is -3.15. The Bertz CT molecular complexity index is 813. The lowest BCUT2D eigenvalue weighted by molar-refractivity contribution is -0.123. The first-order valence-corrected chi connectivity index (χ1v) is 8.11. The second-order valence-electron chi connectivity index (χ2n) is 5.65. The molecule has 0 fully saturated rings. The van der Waals surface area contributed by atoms with Crippen molar-refractivity contribution < 1.29 is 9.53 Å². The minimum Gasteiger partial charge on any atom is -0.484 e. The summed E-state index contributed by atoms with van der Waals surface area (Å²) in [6.07, 6.45) is 5.37. The Balaban J connectivity index is 1.41. The van der Waals surface area contributed by atoms with Gasteiger partial charge in [-0.1, -0.05) is 17.7 Å². The van der Waals surface area contributed by atoms with Crippen LogP contribution in [0.25, 0.3) is 11.3 Å². The normalized spacial score (nSPS) is 10.4. The first kappa shape index (κ1) is 16.7. The van der Waals surface area contributed by atoms with Crippen LogP contribution in [-0.4, -0.2) is 33.8 Å². The number of hydrogen-bond donors (Lipinski definition) is 1. The van der Waals surface area contributed by atoms with Crippen molar-refractivity contribution in [3.8, 4) is 17.0 Å². The van der Waals surface area contributed by atoms with E-state index in [9.17, 15) is 4.79 Å². The van der Waals surface area contributed by atoms with Crippen molar-refractivity contribution in [1.29, 1.82) is 0 Å². The smallest absolute Gasteiger partial charge is 0.258 e. The van der Waals surface area contributed by atoms with Gasteiger partial charge in [0.2, 0.25) is 0 Å². The van der Waals surface area contributed by atoms with Gasteiger partial charge >= 0.3 is 0 Å². The van der Waals surface area contributed by atoms with Gasteiger partial charge in [-0.2, -0.15) is 5.10 Å². The molecule has 0 atom stereocenters. The van der Waals surface area contributed by atoms with Gasteiger partial charge in [0.15, 0.2) is 6.61 Å². The lowest BCUT2D eigenvalue weighted by Crippen LogP contribution is -2.31. The van der Waals surface area contributed by atoms with E-state index in [1.165, 1.54) is 0 Å². The molecule has 3 rings (SSSR count). The molecule has 0 aliphatic heterocycles. The zero-order valence-electron chi connectivity index (χ0n) is 14.1. The molecule has 3 aromatic rings. The number of amides is 1. The van der Waals surface area contributed by atoms with Crippen molar-refractivity contribution in [2.24, 2.45) is 0 Å². The van der Waals surface area contributed by atoms with E-state index >= 15 is 0 Å². The van der Waals surface area contributed by atoms with Crippen molar-refractivity contribution in [2.75, 3.05) is 13.2 Å². The van der Waals surface area contributed by atoms with Crippen LogP contribution in [-0.2, 0) is 11.3 Å². The van der Waals surface area contributed by atoms with Gasteiger partial charge in [-0.25, -0.2) is 0 Å². The number of pyridine rings is 1. The lowest BCUT2D eigenvalue weighted by Gasteiger charge is -2.08. The average molecular weight is 336 g/mol. The highest BCUT2D eigenvalue weighted by atomic mass is 16.5. The molecule has 0 radical (unpaired) electrons. The number of ether oxygens (including phenoxy) is 1. The predicted octanol–water partition coefficient (Wildman–Crippen LogP) is 2.45. The molecule has 0 unspecified atom stereocenters. The maximum Gasteiger partial charge on any atom is 0.258 e. The third-order valence-electron chi connectivity index (χ3n) is 3.67. The molecule has 2 heterocycles. The molecule has 0 bridgehead atoms. The predicted molar refractivity (Wildman–Crippen MR) is 95.1 cm³/mol. The molecule has 1 aromatic carbocycles. The zero-order valence-corrected chi connectivity index (χ0v) is 14.1. The van der Waals surface area contributed by atoms with Crippen LogP contribution < -0.4 is 10.1 Å². The van der Waals surface area contributed by atoms with Crippen LogP contribution >= 0.6 is 0 Å². The summed E-state index contributed by atoms with van der Waals surface area (Å²) < 4.78 is 7.25. The molecule has 0 spiro atoms. The second-order valence-corrected chi connectivity index (χ2v) is 5.65. The SMILES string of the molecule is Cc1ccc(OCC(=O)NCCn2ccc(-c3ccncc3)n2)cc1. The summed E-state index contributed by atoms with van der Waals surface area (Å²) in [6, 6.07) is 13.4. The second kappa shape index (κ2) is 8.10. The maximum absolute atomic E-state index is 11.8. The molecule has 6 nitrogen and oxygen atoms in total. The Kier molecular flexibility index (Phi) is 5.41. The molecular weight excluding hydrogens is 316 g/mol. The van der Waals surface area contributed by atoms with E-state index in [0.717, 1.165) is 16.8 Å². The summed E-state index contributed by atoms with van der Waals surface area (Å²) in [5, 5.41) is 7.31. The van der Waals surface area contributed by atoms with Crippen molar-refractivity contribution in [2.45, 2.75) is 13.5 Å². The minimum atomic E-state index is -0.151. The molecule has 1 N–H and O–H groups in total. The first-order valence-electron chi connectivity index (χ1n) is 8.11. The number of carbonyl (C=O) groups excluding carboxylic acids is 1. The number of benzene rings is 1. The van der Waals surface area contributed by atoms with Gasteiger partial charge in [0.05, 0.1) is 12.2 Å². The third kappa shape index (κ3) is 4.91. The number of carbonyl (C=O) groups is 1. The Morgan fingerprint density at radius 1 is 1.12 bits per heavy atom. The number of aryl methyl sites for hydroxylation is 1. The van der Waals surface area contributed by atoms with Crippen LogP contribution in [0.4, 0.5) is 0 Å². The zero-order chi connectivity index (χ0) is 17.5. The van der Waals surface area contributed by atoms with E-state index in [1.807, 2.05) is 55.6 Å². The van der Waals surface area contributed by atoms with Crippen molar-refractivity contribution in [3.63, 3.8) is 0 Å². The number of nitrogens with zero attached hydrogens (tertiary/aromatic N) is 3. The first-order chi connectivity index (χ1) is 12.2. The van der Waals surface area contributed by atoms with E-state index in [-0.39, 0.29) is 12.5 Å². The fourth-order valence-electron chi connectivity index (χ4n) is 2.31. The summed E-state index contributed by atoms with van der Waals surface area (Å²) in [4.78, 5) is 15.8. The van der Waals surface area contributed by atoms with Gasteiger partial charge in [0.25, 0.3) is 5.91 Å². The van der Waals surface area contributed by atoms with Crippen LogP contribution in [0.15, 0.2) is 61.1 Å². The van der Waals surface area contributed by atoms with Crippen LogP contribution in [0.1, 0.15) is 5.56 Å². The molecule has 1 amide bonds. The third-order valence-corrected chi connectivity index (χ3v) is 3.67. The molecule has 0 aliphatic rings. The van der Waals surface area contributed by atoms with Crippen molar-refractivity contribution in [1.82, 2.24) is 20.1 Å². The van der Waals surface area contributed by atoms with E-state index in [0.29, 0.717) is 18.8 Å². The number of hydrogen-bond acceptors (Lipinski definition) is 4. The van der Waals surface area contributed by atoms with Crippen LogP contribution in [0, 0.1) is 6.92 Å². The Morgan fingerprint density at radius 3 is 2.64 bits per heavy atom. The minimum absolute atomic E-state index is 0.00440.